The summed E-state index contributed by atoms with van der Waals surface area (Å²) in [5.41, 5.74) is 1.13. The van der Waals surface area contributed by atoms with Crippen LogP contribution < -0.4 is 4.72 Å². The number of anilines is 1. The number of phenolic OH excluding ortho intramolecular Hbond substituents is 1. The van der Waals surface area contributed by atoms with Crippen molar-refractivity contribution in [3.8, 4) is 11.8 Å². The minimum Gasteiger partial charge on any atom is -0.506 e. The second kappa shape index (κ2) is 5.81. The lowest BCUT2D eigenvalue weighted by Gasteiger charge is -2.10. The van der Waals surface area contributed by atoms with Crippen molar-refractivity contribution in [2.45, 2.75) is 18.2 Å². The number of aromatic nitrogens is 1. The number of benzene rings is 1. The third-order valence-corrected chi connectivity index (χ3v) is 4.23. The zero-order valence-corrected chi connectivity index (χ0v) is 12.1. The molecule has 21 heavy (non-hydrogen) atoms. The molecule has 1 aromatic heterocycles. The van der Waals surface area contributed by atoms with Gasteiger partial charge in [-0.2, -0.15) is 5.26 Å². The van der Waals surface area contributed by atoms with E-state index in [2.05, 4.69) is 9.71 Å². The molecule has 108 valence electrons. The monoisotopic (exact) mass is 303 g/mol. The zero-order chi connectivity index (χ0) is 15.5. The first kappa shape index (κ1) is 14.8. The first-order chi connectivity index (χ1) is 9.96. The Morgan fingerprint density at radius 2 is 2.10 bits per heavy atom. The highest BCUT2D eigenvalue weighted by molar-refractivity contribution is 7.92. The van der Waals surface area contributed by atoms with Gasteiger partial charge in [0.05, 0.1) is 5.69 Å². The van der Waals surface area contributed by atoms with Crippen LogP contribution in [-0.2, 0) is 16.4 Å². The number of pyridine rings is 1. The van der Waals surface area contributed by atoms with Gasteiger partial charge in [-0.05, 0) is 36.2 Å². The highest BCUT2D eigenvalue weighted by atomic mass is 32.2. The summed E-state index contributed by atoms with van der Waals surface area (Å²) >= 11 is 0. The lowest BCUT2D eigenvalue weighted by atomic mass is 10.1. The lowest BCUT2D eigenvalue weighted by molar-refractivity contribution is 0.477. The van der Waals surface area contributed by atoms with E-state index in [0.717, 1.165) is 11.8 Å². The van der Waals surface area contributed by atoms with E-state index in [4.69, 9.17) is 5.26 Å². The van der Waals surface area contributed by atoms with Gasteiger partial charge in [-0.15, -0.1) is 0 Å². The predicted molar refractivity (Wildman–Crippen MR) is 77.2 cm³/mol. The second-order valence-electron chi connectivity index (χ2n) is 4.30. The van der Waals surface area contributed by atoms with Gasteiger partial charge in [-0.25, -0.2) is 13.4 Å². The molecular weight excluding hydrogens is 290 g/mol. The Bertz CT molecular complexity index is 793. The summed E-state index contributed by atoms with van der Waals surface area (Å²) in [6, 6.07) is 9.15. The van der Waals surface area contributed by atoms with Crippen LogP contribution in [0.1, 0.15) is 18.2 Å². The van der Waals surface area contributed by atoms with E-state index < -0.39 is 10.0 Å². The van der Waals surface area contributed by atoms with Gasteiger partial charge in [-0.1, -0.05) is 13.0 Å². The lowest BCUT2D eigenvalue weighted by Crippen LogP contribution is -2.13. The molecule has 0 saturated carbocycles. The van der Waals surface area contributed by atoms with Crippen molar-refractivity contribution in [1.82, 2.24) is 4.98 Å². The summed E-state index contributed by atoms with van der Waals surface area (Å²) in [5.74, 6) is -0.155. The first-order valence-corrected chi connectivity index (χ1v) is 7.65. The van der Waals surface area contributed by atoms with Crippen LogP contribution in [0.5, 0.6) is 5.75 Å². The molecule has 2 aromatic rings. The standard InChI is InChI=1S/C14H13N3O3S/c1-2-10-3-6-14(18)13(7-10)17-21(19,20)12-5-4-11(8-15)16-9-12/h3-7,9,17-18H,2H2,1H3. The third-order valence-electron chi connectivity index (χ3n) is 2.87. The van der Waals surface area contributed by atoms with Gasteiger partial charge in [-0.3, -0.25) is 4.72 Å². The van der Waals surface area contributed by atoms with Crippen LogP contribution in [-0.4, -0.2) is 18.5 Å². The second-order valence-corrected chi connectivity index (χ2v) is 5.98. The summed E-state index contributed by atoms with van der Waals surface area (Å²) in [4.78, 5) is 3.64. The van der Waals surface area contributed by atoms with Crippen LogP contribution in [0.25, 0.3) is 0 Å². The SMILES string of the molecule is CCc1ccc(O)c(NS(=O)(=O)c2ccc(C#N)nc2)c1. The number of aryl methyl sites for hydroxylation is 1. The Morgan fingerprint density at radius 3 is 2.67 bits per heavy atom. The van der Waals surface area contributed by atoms with Gasteiger partial charge < -0.3 is 5.11 Å². The van der Waals surface area contributed by atoms with Crippen molar-refractivity contribution >= 4 is 15.7 Å². The van der Waals surface area contributed by atoms with Crippen molar-refractivity contribution in [1.29, 1.82) is 5.26 Å². The number of aromatic hydroxyl groups is 1. The maximum atomic E-state index is 12.2. The van der Waals surface area contributed by atoms with Crippen LogP contribution in [0, 0.1) is 11.3 Å². The maximum Gasteiger partial charge on any atom is 0.263 e. The molecule has 0 amide bonds. The first-order valence-electron chi connectivity index (χ1n) is 6.17. The Kier molecular flexibility index (Phi) is 4.10. The minimum atomic E-state index is -3.87. The fraction of sp³-hybridized carbons (Fsp3) is 0.143. The molecule has 0 fully saturated rings. The van der Waals surface area contributed by atoms with Gasteiger partial charge in [0.2, 0.25) is 0 Å². The Balaban J connectivity index is 2.35. The zero-order valence-electron chi connectivity index (χ0n) is 11.2. The van der Waals surface area contributed by atoms with Gasteiger partial charge in [0.25, 0.3) is 10.0 Å². The highest BCUT2D eigenvalue weighted by Gasteiger charge is 2.16. The van der Waals surface area contributed by atoms with E-state index in [1.54, 1.807) is 12.1 Å². The molecule has 0 unspecified atom stereocenters. The predicted octanol–water partition coefficient (Wildman–Crippen LogP) is 2.02. The van der Waals surface area contributed by atoms with E-state index in [0.29, 0.717) is 6.42 Å². The average molecular weight is 303 g/mol. The van der Waals surface area contributed by atoms with Crippen molar-refractivity contribution in [3.05, 3.63) is 47.8 Å². The summed E-state index contributed by atoms with van der Waals surface area (Å²) in [6.07, 6.45) is 1.81. The summed E-state index contributed by atoms with van der Waals surface area (Å²) in [5, 5.41) is 18.4. The smallest absolute Gasteiger partial charge is 0.263 e. The van der Waals surface area contributed by atoms with Crippen LogP contribution >= 0.6 is 0 Å². The van der Waals surface area contributed by atoms with Gasteiger partial charge in [0, 0.05) is 6.20 Å². The number of rotatable bonds is 4. The molecule has 2 rings (SSSR count). The molecule has 6 nitrogen and oxygen atoms in total. The molecule has 0 bridgehead atoms. The number of nitrogens with one attached hydrogen (secondary N) is 1. The molecule has 0 saturated heterocycles. The molecule has 0 aliphatic carbocycles. The van der Waals surface area contributed by atoms with Crippen molar-refractivity contribution in [2.75, 3.05) is 4.72 Å². The van der Waals surface area contributed by atoms with E-state index in [1.165, 1.54) is 18.2 Å². The van der Waals surface area contributed by atoms with E-state index in [9.17, 15) is 13.5 Å². The van der Waals surface area contributed by atoms with Crippen LogP contribution in [0.4, 0.5) is 5.69 Å². The quantitative estimate of drug-likeness (QED) is 0.841. The Morgan fingerprint density at radius 1 is 1.33 bits per heavy atom. The van der Waals surface area contributed by atoms with Crippen LogP contribution in [0.15, 0.2) is 41.4 Å². The number of hydrogen-bond acceptors (Lipinski definition) is 5. The van der Waals surface area contributed by atoms with Gasteiger partial charge >= 0.3 is 0 Å². The summed E-state index contributed by atoms with van der Waals surface area (Å²) < 4.78 is 26.7. The molecule has 1 aromatic carbocycles. The number of sulfonamides is 1. The molecule has 1 heterocycles. The molecule has 2 N–H and O–H groups in total. The fourth-order valence-corrected chi connectivity index (χ4v) is 2.70. The summed E-state index contributed by atoms with van der Waals surface area (Å²) in [7, 11) is -3.87. The van der Waals surface area contributed by atoms with Crippen molar-refractivity contribution < 1.29 is 13.5 Å². The maximum absolute atomic E-state index is 12.2. The minimum absolute atomic E-state index is 0.0807. The highest BCUT2D eigenvalue weighted by Crippen LogP contribution is 2.27. The molecule has 0 atom stereocenters. The molecule has 0 aliphatic heterocycles. The molecule has 0 aliphatic rings. The average Bonchev–Trinajstić information content (AvgIpc) is 2.49. The number of hydrogen-bond donors (Lipinski definition) is 2. The molecular formula is C14H13N3O3S. The van der Waals surface area contributed by atoms with E-state index in [1.807, 2.05) is 13.0 Å². The van der Waals surface area contributed by atoms with Crippen LogP contribution in [0.2, 0.25) is 0 Å². The van der Waals surface area contributed by atoms with E-state index >= 15 is 0 Å². The van der Waals surface area contributed by atoms with Crippen molar-refractivity contribution in [3.63, 3.8) is 0 Å². The fourth-order valence-electron chi connectivity index (χ4n) is 1.69. The van der Waals surface area contributed by atoms with Crippen molar-refractivity contribution in [2.24, 2.45) is 0 Å². The Hall–Kier alpha value is -2.59. The number of nitrogens with zero attached hydrogens (tertiary/aromatic N) is 2. The summed E-state index contributed by atoms with van der Waals surface area (Å²) in [6.45, 7) is 1.93. The third kappa shape index (κ3) is 3.30. The van der Waals surface area contributed by atoms with E-state index in [-0.39, 0.29) is 22.0 Å². The number of phenols is 1. The Labute approximate surface area is 122 Å². The van der Waals surface area contributed by atoms with Crippen LogP contribution in [0.3, 0.4) is 0 Å². The largest absolute Gasteiger partial charge is 0.506 e. The van der Waals surface area contributed by atoms with Gasteiger partial charge in [0.15, 0.2) is 0 Å². The van der Waals surface area contributed by atoms with Gasteiger partial charge in [0.1, 0.15) is 22.4 Å². The normalized spacial score (nSPS) is 10.9. The number of nitriles is 1. The topological polar surface area (TPSA) is 103 Å². The molecule has 0 spiro atoms. The molecule has 7 heteroatoms. The molecule has 0 radical (unpaired) electrons.